The molecule has 6 aromatic rings. The van der Waals surface area contributed by atoms with Gasteiger partial charge in [-0.1, -0.05) is 114 Å². The van der Waals surface area contributed by atoms with Gasteiger partial charge in [0, 0.05) is 10.8 Å². The van der Waals surface area contributed by atoms with E-state index in [0.29, 0.717) is 7.48 Å². The molecule has 0 atom stereocenters. The molecule has 1 aliphatic rings. The van der Waals surface area contributed by atoms with Crippen LogP contribution >= 0.6 is 0 Å². The molecule has 0 saturated carbocycles. The van der Waals surface area contributed by atoms with Gasteiger partial charge in [-0.2, -0.15) is 0 Å². The molecule has 1 N–H and O–H groups in total. The summed E-state index contributed by atoms with van der Waals surface area (Å²) < 4.78 is 8.87. The fourth-order valence-electron chi connectivity index (χ4n) is 6.72. The summed E-state index contributed by atoms with van der Waals surface area (Å²) in [6, 6.07) is 40.5. The summed E-state index contributed by atoms with van der Waals surface area (Å²) >= 11 is 0. The van der Waals surface area contributed by atoms with Gasteiger partial charge in [-0.3, -0.25) is 0 Å². The van der Waals surface area contributed by atoms with E-state index < -0.39 is 16.6 Å². The lowest BCUT2D eigenvalue weighted by atomic mass is 9.62. The van der Waals surface area contributed by atoms with Gasteiger partial charge in [-0.05, 0) is 75.9 Å². The Labute approximate surface area is 255 Å². The molecule has 0 fully saturated rings. The number of aryl methyl sites for hydroxylation is 2. The minimum atomic E-state index is -0.983. The molecule has 4 heteroatoms. The zero-order valence-electron chi connectivity index (χ0n) is 25.9. The summed E-state index contributed by atoms with van der Waals surface area (Å²) in [6.07, 6.45) is 0. The standard InChI is InChI=1S/C39H38BNO2/c1-25-14-18-27(19-15-25)39(28-20-16-26(2)17-21-28)32-12-9-11-31-30-10-7-8-13-34(30)41(36(31)32)35-23-22-29(24-33(35)39)40-43-38(5,6)37(3,4)42/h7-24,40,42H,1-6H3. The maximum absolute atomic E-state index is 10.8. The number of hydrogen-bond donors (Lipinski definition) is 1. The van der Waals surface area contributed by atoms with Gasteiger partial charge in [0.2, 0.25) is 0 Å². The van der Waals surface area contributed by atoms with Crippen molar-refractivity contribution in [1.29, 1.82) is 0 Å². The van der Waals surface area contributed by atoms with Crippen molar-refractivity contribution in [3.8, 4) is 5.69 Å². The molecule has 3 nitrogen and oxygen atoms in total. The molecule has 0 saturated heterocycles. The molecular weight excluding hydrogens is 525 g/mol. The summed E-state index contributed by atoms with van der Waals surface area (Å²) in [5.74, 6) is 0. The summed E-state index contributed by atoms with van der Waals surface area (Å²) in [5.41, 5.74) is 9.91. The number of para-hydroxylation sites is 2. The van der Waals surface area contributed by atoms with Crippen LogP contribution < -0.4 is 5.46 Å². The van der Waals surface area contributed by atoms with Crippen molar-refractivity contribution in [2.24, 2.45) is 0 Å². The Hall–Kier alpha value is -4.12. The third-order valence-electron chi connectivity index (χ3n) is 9.85. The number of benzene rings is 5. The Balaban J connectivity index is 1.60. The number of hydrogen-bond acceptors (Lipinski definition) is 2. The van der Waals surface area contributed by atoms with Crippen LogP contribution in [0.2, 0.25) is 0 Å². The van der Waals surface area contributed by atoms with Crippen molar-refractivity contribution < 1.29 is 9.76 Å². The average Bonchev–Trinajstić information content (AvgIpc) is 3.33. The van der Waals surface area contributed by atoms with Crippen molar-refractivity contribution in [3.63, 3.8) is 0 Å². The third-order valence-corrected chi connectivity index (χ3v) is 9.85. The Bertz CT molecular complexity index is 1950. The van der Waals surface area contributed by atoms with Crippen LogP contribution in [0.5, 0.6) is 0 Å². The van der Waals surface area contributed by atoms with Crippen LogP contribution in [0.4, 0.5) is 0 Å². The fraction of sp³-hybridized carbons (Fsp3) is 0.231. The minimum Gasteiger partial charge on any atom is -0.427 e. The van der Waals surface area contributed by atoms with E-state index in [0.717, 1.165) is 5.46 Å². The molecule has 1 aliphatic heterocycles. The number of nitrogens with zero attached hydrogens (tertiary/aromatic N) is 1. The Morgan fingerprint density at radius 3 is 1.91 bits per heavy atom. The predicted molar refractivity (Wildman–Crippen MR) is 180 cm³/mol. The number of aliphatic hydroxyl groups is 1. The van der Waals surface area contributed by atoms with Gasteiger partial charge < -0.3 is 14.3 Å². The van der Waals surface area contributed by atoms with Crippen LogP contribution in [-0.2, 0) is 10.1 Å². The van der Waals surface area contributed by atoms with E-state index in [9.17, 15) is 5.11 Å². The van der Waals surface area contributed by atoms with Gasteiger partial charge in [0.25, 0.3) is 0 Å². The lowest BCUT2D eigenvalue weighted by molar-refractivity contribution is -0.0893. The molecule has 0 unspecified atom stereocenters. The van der Waals surface area contributed by atoms with Gasteiger partial charge in [0.1, 0.15) is 0 Å². The first-order chi connectivity index (χ1) is 20.5. The van der Waals surface area contributed by atoms with Gasteiger partial charge in [-0.15, -0.1) is 0 Å². The fourth-order valence-corrected chi connectivity index (χ4v) is 6.72. The first-order valence-corrected chi connectivity index (χ1v) is 15.2. The first-order valence-electron chi connectivity index (χ1n) is 15.2. The highest BCUT2D eigenvalue weighted by Gasteiger charge is 2.45. The largest absolute Gasteiger partial charge is 0.427 e. The van der Waals surface area contributed by atoms with Gasteiger partial charge in [0.15, 0.2) is 0 Å². The Kier molecular flexibility index (Phi) is 6.25. The van der Waals surface area contributed by atoms with E-state index >= 15 is 0 Å². The molecule has 0 spiro atoms. The monoisotopic (exact) mass is 563 g/mol. The average molecular weight is 564 g/mol. The first kappa shape index (κ1) is 27.7. The summed E-state index contributed by atoms with van der Waals surface area (Å²) in [5, 5.41) is 13.3. The highest BCUT2D eigenvalue weighted by molar-refractivity contribution is 6.47. The van der Waals surface area contributed by atoms with Crippen LogP contribution in [0.3, 0.4) is 0 Å². The van der Waals surface area contributed by atoms with Crippen molar-refractivity contribution in [2.75, 3.05) is 0 Å². The topological polar surface area (TPSA) is 34.4 Å². The van der Waals surface area contributed by atoms with Crippen LogP contribution in [0.25, 0.3) is 27.5 Å². The molecule has 7 rings (SSSR count). The summed E-state index contributed by atoms with van der Waals surface area (Å²) in [6.45, 7) is 11.8. The highest BCUT2D eigenvalue weighted by atomic mass is 16.5. The summed E-state index contributed by atoms with van der Waals surface area (Å²) in [7, 11) is 0.394. The second-order valence-electron chi connectivity index (χ2n) is 13.2. The van der Waals surface area contributed by atoms with E-state index in [4.69, 9.17) is 4.65 Å². The normalized spacial score (nSPS) is 14.2. The van der Waals surface area contributed by atoms with Crippen molar-refractivity contribution in [2.45, 2.75) is 58.2 Å². The molecule has 0 aliphatic carbocycles. The van der Waals surface area contributed by atoms with E-state index in [2.05, 4.69) is 128 Å². The SMILES string of the molecule is Cc1ccc(C2(c3ccc(C)cc3)c3cc(BOC(C)(C)C(C)(C)O)ccc3-n3c4ccccc4c4cccc2c43)cc1. The molecule has 0 radical (unpaired) electrons. The van der Waals surface area contributed by atoms with Crippen molar-refractivity contribution >= 4 is 34.8 Å². The predicted octanol–water partition coefficient (Wildman–Crippen LogP) is 7.64. The Morgan fingerprint density at radius 1 is 0.674 bits per heavy atom. The van der Waals surface area contributed by atoms with Crippen molar-refractivity contribution in [3.05, 3.63) is 143 Å². The molecular formula is C39H38BNO2. The zero-order valence-corrected chi connectivity index (χ0v) is 25.9. The second-order valence-corrected chi connectivity index (χ2v) is 13.2. The molecule has 5 aromatic carbocycles. The van der Waals surface area contributed by atoms with Gasteiger partial charge >= 0.3 is 7.48 Å². The maximum Gasteiger partial charge on any atom is 0.309 e. The molecule has 43 heavy (non-hydrogen) atoms. The molecule has 214 valence electrons. The maximum atomic E-state index is 10.8. The lowest BCUT2D eigenvalue weighted by Gasteiger charge is -2.42. The number of rotatable bonds is 6. The molecule has 1 aromatic heterocycles. The van der Waals surface area contributed by atoms with Crippen LogP contribution in [0.15, 0.2) is 109 Å². The second kappa shape index (κ2) is 9.70. The highest BCUT2D eigenvalue weighted by Crippen LogP contribution is 2.54. The van der Waals surface area contributed by atoms with E-state index in [-0.39, 0.29) is 0 Å². The number of fused-ring (bicyclic) bond motifs is 5. The quantitative estimate of drug-likeness (QED) is 0.211. The van der Waals surface area contributed by atoms with Crippen LogP contribution in [-0.4, -0.2) is 28.4 Å². The van der Waals surface area contributed by atoms with Crippen LogP contribution in [0.1, 0.15) is 61.1 Å². The lowest BCUT2D eigenvalue weighted by Crippen LogP contribution is -2.49. The number of aromatic nitrogens is 1. The molecule has 0 bridgehead atoms. The Morgan fingerprint density at radius 2 is 1.28 bits per heavy atom. The van der Waals surface area contributed by atoms with Crippen molar-refractivity contribution in [1.82, 2.24) is 4.57 Å². The van der Waals surface area contributed by atoms with Gasteiger partial charge in [0.05, 0.1) is 33.3 Å². The molecule has 0 amide bonds. The third kappa shape index (κ3) is 4.11. The minimum absolute atomic E-state index is 0.394. The van der Waals surface area contributed by atoms with Gasteiger partial charge in [-0.25, -0.2) is 0 Å². The van der Waals surface area contributed by atoms with Crippen LogP contribution in [0, 0.1) is 13.8 Å². The smallest absolute Gasteiger partial charge is 0.309 e. The van der Waals surface area contributed by atoms with E-state index in [1.54, 1.807) is 13.8 Å². The summed E-state index contributed by atoms with van der Waals surface area (Å²) in [4.78, 5) is 0. The van der Waals surface area contributed by atoms with E-state index in [1.807, 2.05) is 13.8 Å². The zero-order chi connectivity index (χ0) is 30.1. The van der Waals surface area contributed by atoms with E-state index in [1.165, 1.54) is 60.9 Å². The molecule has 2 heterocycles.